The van der Waals surface area contributed by atoms with E-state index in [0.717, 1.165) is 23.0 Å². The lowest BCUT2D eigenvalue weighted by Crippen LogP contribution is -2.10. The molecule has 2 rings (SSSR count). The molecular weight excluding hydrogens is 241 g/mol. The van der Waals surface area contributed by atoms with Gasteiger partial charge in [-0.25, -0.2) is 4.39 Å². The van der Waals surface area contributed by atoms with E-state index in [1.54, 1.807) is 6.07 Å². The van der Waals surface area contributed by atoms with Gasteiger partial charge in [0.1, 0.15) is 11.9 Å². The van der Waals surface area contributed by atoms with Crippen molar-refractivity contribution in [2.24, 2.45) is 5.92 Å². The second-order valence-corrected chi connectivity index (χ2v) is 6.53. The highest BCUT2D eigenvalue weighted by Gasteiger charge is 2.21. The maximum Gasteiger partial charge on any atom is 0.141 e. The largest absolute Gasteiger partial charge is 0.206 e. The fourth-order valence-electron chi connectivity index (χ4n) is 1.56. The zero-order valence-electron chi connectivity index (χ0n) is 8.94. The Hall–Kier alpha value is -0.660. The maximum absolute atomic E-state index is 13.4. The molecule has 1 aromatic rings. The molecule has 1 aliphatic heterocycles. The Morgan fingerprint density at radius 1 is 1.38 bits per heavy atom. The van der Waals surface area contributed by atoms with Crippen molar-refractivity contribution >= 4 is 23.5 Å². The van der Waals surface area contributed by atoms with E-state index >= 15 is 0 Å². The van der Waals surface area contributed by atoms with Gasteiger partial charge in [0.15, 0.2) is 0 Å². The molecule has 16 heavy (non-hydrogen) atoms. The van der Waals surface area contributed by atoms with Crippen molar-refractivity contribution in [3.63, 3.8) is 0 Å². The molecule has 0 spiro atoms. The zero-order chi connectivity index (χ0) is 11.5. The summed E-state index contributed by atoms with van der Waals surface area (Å²) in [5, 5.41) is 8.65. The van der Waals surface area contributed by atoms with Crippen LogP contribution in [0.4, 0.5) is 4.39 Å². The van der Waals surface area contributed by atoms with Gasteiger partial charge in [-0.15, -0.1) is 23.5 Å². The Labute approximate surface area is 103 Å². The summed E-state index contributed by atoms with van der Waals surface area (Å²) in [4.78, 5) is 0. The average molecular weight is 253 g/mol. The SMILES string of the molecule is CC1CSC(c2ccc(C#N)c(F)c2)SC1. The molecule has 1 nitrogen and oxygen atoms in total. The van der Waals surface area contributed by atoms with Gasteiger partial charge in [-0.05, 0) is 35.1 Å². The van der Waals surface area contributed by atoms with E-state index in [1.807, 2.05) is 35.7 Å². The number of halogens is 1. The van der Waals surface area contributed by atoms with Crippen LogP contribution in [0.5, 0.6) is 0 Å². The molecule has 1 heterocycles. The molecule has 0 radical (unpaired) electrons. The quantitative estimate of drug-likeness (QED) is 0.760. The highest BCUT2D eigenvalue weighted by Crippen LogP contribution is 2.45. The zero-order valence-corrected chi connectivity index (χ0v) is 10.6. The number of benzene rings is 1. The first-order valence-corrected chi connectivity index (χ1v) is 7.23. The molecule has 1 fully saturated rings. The number of nitriles is 1. The Kier molecular flexibility index (Phi) is 3.78. The predicted molar refractivity (Wildman–Crippen MR) is 67.9 cm³/mol. The van der Waals surface area contributed by atoms with Crippen LogP contribution >= 0.6 is 23.5 Å². The van der Waals surface area contributed by atoms with Gasteiger partial charge in [0.25, 0.3) is 0 Å². The lowest BCUT2D eigenvalue weighted by Gasteiger charge is -2.25. The predicted octanol–water partition coefficient (Wildman–Crippen LogP) is 3.81. The summed E-state index contributed by atoms with van der Waals surface area (Å²) in [6.45, 7) is 2.23. The summed E-state index contributed by atoms with van der Waals surface area (Å²) in [6.07, 6.45) is 0. The van der Waals surface area contributed by atoms with E-state index in [1.165, 1.54) is 6.07 Å². The molecular formula is C12H12FNS2. The monoisotopic (exact) mass is 253 g/mol. The fraction of sp³-hybridized carbons (Fsp3) is 0.417. The molecule has 0 aliphatic carbocycles. The summed E-state index contributed by atoms with van der Waals surface area (Å²) in [5.74, 6) is 2.58. The fourth-order valence-corrected chi connectivity index (χ4v) is 4.49. The summed E-state index contributed by atoms with van der Waals surface area (Å²) in [7, 11) is 0. The van der Waals surface area contributed by atoms with E-state index in [-0.39, 0.29) is 5.56 Å². The van der Waals surface area contributed by atoms with Gasteiger partial charge in [-0.1, -0.05) is 13.0 Å². The van der Waals surface area contributed by atoms with Crippen LogP contribution in [0.2, 0.25) is 0 Å². The molecule has 84 valence electrons. The van der Waals surface area contributed by atoms with Crippen LogP contribution in [-0.4, -0.2) is 11.5 Å². The Bertz CT molecular complexity index is 420. The third-order valence-corrected chi connectivity index (χ3v) is 5.94. The van der Waals surface area contributed by atoms with Gasteiger partial charge < -0.3 is 0 Å². The smallest absolute Gasteiger partial charge is 0.141 e. The highest BCUT2D eigenvalue weighted by atomic mass is 32.2. The van der Waals surface area contributed by atoms with E-state index in [0.29, 0.717) is 4.58 Å². The van der Waals surface area contributed by atoms with Crippen molar-refractivity contribution in [3.05, 3.63) is 35.1 Å². The molecule has 0 bridgehead atoms. The topological polar surface area (TPSA) is 23.8 Å². The Morgan fingerprint density at radius 3 is 2.62 bits per heavy atom. The van der Waals surface area contributed by atoms with Crippen molar-refractivity contribution < 1.29 is 4.39 Å². The first-order chi connectivity index (χ1) is 7.70. The summed E-state index contributed by atoms with van der Waals surface area (Å²) < 4.78 is 13.8. The normalized spacial score (nSPS) is 25.1. The van der Waals surface area contributed by atoms with Gasteiger partial charge in [0.2, 0.25) is 0 Å². The lowest BCUT2D eigenvalue weighted by atomic mass is 10.1. The molecule has 4 heteroatoms. The standard InChI is InChI=1S/C12H12FNS2/c1-8-6-15-12(16-7-8)9-2-3-10(5-14)11(13)4-9/h2-4,8,12H,6-7H2,1H3. The Balaban J connectivity index is 2.16. The van der Waals surface area contributed by atoms with Gasteiger partial charge in [-0.2, -0.15) is 5.26 Å². The van der Waals surface area contributed by atoms with Crippen LogP contribution in [0, 0.1) is 23.1 Å². The highest BCUT2D eigenvalue weighted by molar-refractivity contribution is 8.16. The van der Waals surface area contributed by atoms with Crippen LogP contribution in [-0.2, 0) is 0 Å². The van der Waals surface area contributed by atoms with Crippen molar-refractivity contribution in [3.8, 4) is 6.07 Å². The molecule has 0 atom stereocenters. The van der Waals surface area contributed by atoms with Gasteiger partial charge >= 0.3 is 0 Å². The molecule has 1 saturated heterocycles. The van der Waals surface area contributed by atoms with E-state index in [2.05, 4.69) is 6.92 Å². The minimum atomic E-state index is -0.403. The molecule has 0 unspecified atom stereocenters. The number of hydrogen-bond donors (Lipinski definition) is 0. The molecule has 0 aromatic heterocycles. The van der Waals surface area contributed by atoms with Crippen molar-refractivity contribution in [2.45, 2.75) is 11.5 Å². The molecule has 0 N–H and O–H groups in total. The molecule has 0 saturated carbocycles. The lowest BCUT2D eigenvalue weighted by molar-refractivity contribution is 0.622. The summed E-state index contributed by atoms with van der Waals surface area (Å²) >= 11 is 3.72. The minimum absolute atomic E-state index is 0.128. The third-order valence-electron chi connectivity index (χ3n) is 2.45. The first kappa shape index (κ1) is 11.8. The summed E-state index contributed by atoms with van der Waals surface area (Å²) in [5.41, 5.74) is 1.11. The number of thioether (sulfide) groups is 2. The first-order valence-electron chi connectivity index (χ1n) is 5.13. The van der Waals surface area contributed by atoms with Crippen molar-refractivity contribution in [1.82, 2.24) is 0 Å². The van der Waals surface area contributed by atoms with Crippen molar-refractivity contribution in [1.29, 1.82) is 5.26 Å². The third kappa shape index (κ3) is 2.53. The van der Waals surface area contributed by atoms with Gasteiger partial charge in [0, 0.05) is 0 Å². The van der Waals surface area contributed by atoms with Crippen LogP contribution < -0.4 is 0 Å². The van der Waals surface area contributed by atoms with Crippen LogP contribution in [0.1, 0.15) is 22.6 Å². The molecule has 1 aromatic carbocycles. The van der Waals surface area contributed by atoms with Gasteiger partial charge in [0.05, 0.1) is 10.1 Å². The second kappa shape index (κ2) is 5.11. The maximum atomic E-state index is 13.4. The van der Waals surface area contributed by atoms with Crippen molar-refractivity contribution in [2.75, 3.05) is 11.5 Å². The van der Waals surface area contributed by atoms with Crippen LogP contribution in [0.3, 0.4) is 0 Å². The molecule has 1 aliphatic rings. The van der Waals surface area contributed by atoms with E-state index in [4.69, 9.17) is 5.26 Å². The minimum Gasteiger partial charge on any atom is -0.206 e. The van der Waals surface area contributed by atoms with Crippen LogP contribution in [0.25, 0.3) is 0 Å². The molecule has 0 amide bonds. The van der Waals surface area contributed by atoms with E-state index < -0.39 is 5.82 Å². The van der Waals surface area contributed by atoms with Crippen LogP contribution in [0.15, 0.2) is 18.2 Å². The van der Waals surface area contributed by atoms with Gasteiger partial charge in [-0.3, -0.25) is 0 Å². The Morgan fingerprint density at radius 2 is 2.06 bits per heavy atom. The average Bonchev–Trinajstić information content (AvgIpc) is 2.30. The number of rotatable bonds is 1. The summed E-state index contributed by atoms with van der Waals surface area (Å²) in [6, 6.07) is 6.78. The number of nitrogens with zero attached hydrogens (tertiary/aromatic N) is 1. The van der Waals surface area contributed by atoms with E-state index in [9.17, 15) is 4.39 Å². The second-order valence-electron chi connectivity index (χ2n) is 3.95. The number of hydrogen-bond acceptors (Lipinski definition) is 3.